The van der Waals surface area contributed by atoms with E-state index in [-0.39, 0.29) is 6.10 Å². The summed E-state index contributed by atoms with van der Waals surface area (Å²) in [6.07, 6.45) is 12.9. The van der Waals surface area contributed by atoms with Crippen molar-refractivity contribution in [2.75, 3.05) is 23.7 Å². The van der Waals surface area contributed by atoms with Gasteiger partial charge in [-0.1, -0.05) is 6.07 Å². The molecule has 1 aliphatic heterocycles. The first-order valence-electron chi connectivity index (χ1n) is 11.0. The van der Waals surface area contributed by atoms with Gasteiger partial charge in [0.2, 0.25) is 0 Å². The zero-order valence-electron chi connectivity index (χ0n) is 17.5. The summed E-state index contributed by atoms with van der Waals surface area (Å²) in [7, 11) is 0. The van der Waals surface area contributed by atoms with Gasteiger partial charge in [0.15, 0.2) is 11.5 Å². The normalized spacial score (nSPS) is 17.7. The third kappa shape index (κ3) is 3.78. The number of nitrogen functional groups attached to an aromatic ring is 1. The van der Waals surface area contributed by atoms with Gasteiger partial charge in [0.05, 0.1) is 11.9 Å². The van der Waals surface area contributed by atoms with Crippen LogP contribution in [-0.4, -0.2) is 43.8 Å². The Hall–Kier alpha value is -2.90. The third-order valence-corrected chi connectivity index (χ3v) is 6.16. The maximum atomic E-state index is 6.13. The summed E-state index contributed by atoms with van der Waals surface area (Å²) in [4.78, 5) is 15.9. The van der Waals surface area contributed by atoms with E-state index in [1.165, 1.54) is 37.7 Å². The van der Waals surface area contributed by atoms with Crippen molar-refractivity contribution >= 4 is 17.3 Å². The lowest BCUT2D eigenvalue weighted by Gasteiger charge is -2.29. The molecule has 0 amide bonds. The molecule has 158 valence electrons. The highest BCUT2D eigenvalue weighted by molar-refractivity contribution is 5.60. The van der Waals surface area contributed by atoms with E-state index in [0.29, 0.717) is 23.9 Å². The zero-order valence-corrected chi connectivity index (χ0v) is 17.5. The lowest BCUT2D eigenvalue weighted by molar-refractivity contribution is 0.189. The molecule has 2 fully saturated rings. The van der Waals surface area contributed by atoms with Crippen molar-refractivity contribution in [1.29, 1.82) is 0 Å². The molecular formula is C22H29N7O. The SMILES string of the molecule is Cc1cc(Cc2cnc3c(N)nc(OC4CCCC4)nn23)cnc1N1CCCCC1. The first-order valence-corrected chi connectivity index (χ1v) is 11.0. The minimum absolute atomic E-state index is 0.183. The molecule has 1 saturated carbocycles. The van der Waals surface area contributed by atoms with E-state index >= 15 is 0 Å². The van der Waals surface area contributed by atoms with E-state index in [2.05, 4.69) is 33.0 Å². The Morgan fingerprint density at radius 3 is 2.63 bits per heavy atom. The molecule has 8 heteroatoms. The minimum atomic E-state index is 0.183. The maximum absolute atomic E-state index is 6.13. The van der Waals surface area contributed by atoms with Gasteiger partial charge in [0, 0.05) is 25.7 Å². The van der Waals surface area contributed by atoms with E-state index in [0.717, 1.165) is 43.0 Å². The molecule has 8 nitrogen and oxygen atoms in total. The highest BCUT2D eigenvalue weighted by atomic mass is 16.5. The van der Waals surface area contributed by atoms with Crippen LogP contribution in [0, 0.1) is 6.92 Å². The summed E-state index contributed by atoms with van der Waals surface area (Å²) in [5.41, 5.74) is 9.99. The van der Waals surface area contributed by atoms with Crippen LogP contribution in [0.25, 0.3) is 5.65 Å². The number of ether oxygens (including phenoxy) is 1. The van der Waals surface area contributed by atoms with E-state index in [9.17, 15) is 0 Å². The van der Waals surface area contributed by atoms with Crippen molar-refractivity contribution in [3.63, 3.8) is 0 Å². The van der Waals surface area contributed by atoms with Crippen LogP contribution in [0.5, 0.6) is 6.01 Å². The molecular weight excluding hydrogens is 378 g/mol. The van der Waals surface area contributed by atoms with Gasteiger partial charge >= 0.3 is 6.01 Å². The fourth-order valence-corrected chi connectivity index (χ4v) is 4.62. The Bertz CT molecular complexity index is 1040. The molecule has 0 aromatic carbocycles. The molecule has 0 unspecified atom stereocenters. The number of rotatable bonds is 5. The average Bonchev–Trinajstić information content (AvgIpc) is 3.40. The summed E-state index contributed by atoms with van der Waals surface area (Å²) in [5.74, 6) is 1.45. The maximum Gasteiger partial charge on any atom is 0.336 e. The molecule has 3 aromatic rings. The van der Waals surface area contributed by atoms with Crippen molar-refractivity contribution in [1.82, 2.24) is 24.6 Å². The van der Waals surface area contributed by atoms with Crippen molar-refractivity contribution in [3.05, 3.63) is 35.3 Å². The van der Waals surface area contributed by atoms with Crippen LogP contribution in [-0.2, 0) is 6.42 Å². The monoisotopic (exact) mass is 407 g/mol. The van der Waals surface area contributed by atoms with E-state index in [1.807, 2.05) is 12.4 Å². The van der Waals surface area contributed by atoms with Gasteiger partial charge in [0.1, 0.15) is 11.9 Å². The summed E-state index contributed by atoms with van der Waals surface area (Å²) >= 11 is 0. The van der Waals surface area contributed by atoms with Gasteiger partial charge in [-0.05, 0) is 63.0 Å². The number of fused-ring (bicyclic) bond motifs is 1. The summed E-state index contributed by atoms with van der Waals surface area (Å²) in [5, 5.41) is 4.58. The smallest absolute Gasteiger partial charge is 0.336 e. The van der Waals surface area contributed by atoms with Crippen LogP contribution in [0.2, 0.25) is 0 Å². The second-order valence-corrected chi connectivity index (χ2v) is 8.50. The van der Waals surface area contributed by atoms with Crippen LogP contribution in [0.4, 0.5) is 11.6 Å². The number of aryl methyl sites for hydroxylation is 1. The van der Waals surface area contributed by atoms with Gasteiger partial charge in [-0.25, -0.2) is 14.5 Å². The van der Waals surface area contributed by atoms with Gasteiger partial charge in [-0.15, -0.1) is 5.10 Å². The Kier molecular flexibility index (Phi) is 5.14. The van der Waals surface area contributed by atoms with E-state index in [1.54, 1.807) is 4.52 Å². The first kappa shape index (κ1) is 19.1. The molecule has 30 heavy (non-hydrogen) atoms. The lowest BCUT2D eigenvalue weighted by atomic mass is 10.1. The predicted molar refractivity (Wildman–Crippen MR) is 116 cm³/mol. The first-order chi connectivity index (χ1) is 14.7. The summed E-state index contributed by atoms with van der Waals surface area (Å²) < 4.78 is 7.74. The zero-order chi connectivity index (χ0) is 20.5. The van der Waals surface area contributed by atoms with Crippen LogP contribution in [0.15, 0.2) is 18.5 Å². The Balaban J connectivity index is 1.39. The number of hydrogen-bond acceptors (Lipinski definition) is 7. The van der Waals surface area contributed by atoms with Crippen LogP contribution < -0.4 is 15.4 Å². The fourth-order valence-electron chi connectivity index (χ4n) is 4.62. The molecule has 0 spiro atoms. The number of anilines is 2. The largest absolute Gasteiger partial charge is 0.459 e. The van der Waals surface area contributed by atoms with Crippen molar-refractivity contribution in [3.8, 4) is 6.01 Å². The van der Waals surface area contributed by atoms with Crippen LogP contribution >= 0.6 is 0 Å². The third-order valence-electron chi connectivity index (χ3n) is 6.16. The topological polar surface area (TPSA) is 94.5 Å². The number of nitrogens with zero attached hydrogens (tertiary/aromatic N) is 6. The second-order valence-electron chi connectivity index (χ2n) is 8.50. The Labute approximate surface area is 176 Å². The highest BCUT2D eigenvalue weighted by Crippen LogP contribution is 2.25. The number of pyridine rings is 1. The Morgan fingerprint density at radius 2 is 1.87 bits per heavy atom. The lowest BCUT2D eigenvalue weighted by Crippen LogP contribution is -2.30. The molecule has 1 saturated heterocycles. The van der Waals surface area contributed by atoms with E-state index in [4.69, 9.17) is 15.5 Å². The fraction of sp³-hybridized carbons (Fsp3) is 0.545. The van der Waals surface area contributed by atoms with Crippen molar-refractivity contribution < 1.29 is 4.74 Å². The van der Waals surface area contributed by atoms with Crippen LogP contribution in [0.1, 0.15) is 61.8 Å². The van der Waals surface area contributed by atoms with Gasteiger partial charge in [-0.2, -0.15) is 4.98 Å². The molecule has 2 aliphatic rings. The molecule has 5 rings (SSSR count). The number of imidazole rings is 1. The van der Waals surface area contributed by atoms with E-state index < -0.39 is 0 Å². The second kappa shape index (κ2) is 8.08. The molecule has 0 atom stereocenters. The average molecular weight is 408 g/mol. The quantitative estimate of drug-likeness (QED) is 0.693. The summed E-state index contributed by atoms with van der Waals surface area (Å²) in [6, 6.07) is 2.55. The minimum Gasteiger partial charge on any atom is -0.459 e. The van der Waals surface area contributed by atoms with Gasteiger partial charge < -0.3 is 15.4 Å². The highest BCUT2D eigenvalue weighted by Gasteiger charge is 2.20. The van der Waals surface area contributed by atoms with Crippen LogP contribution in [0.3, 0.4) is 0 Å². The molecule has 1 aliphatic carbocycles. The molecule has 3 aromatic heterocycles. The Morgan fingerprint density at radius 1 is 1.07 bits per heavy atom. The number of piperidine rings is 1. The number of nitrogens with two attached hydrogens (primary N) is 1. The molecule has 4 heterocycles. The molecule has 0 radical (unpaired) electrons. The number of aromatic nitrogens is 5. The van der Waals surface area contributed by atoms with Gasteiger partial charge in [0.25, 0.3) is 0 Å². The molecule has 0 bridgehead atoms. The van der Waals surface area contributed by atoms with Gasteiger partial charge in [-0.3, -0.25) is 0 Å². The van der Waals surface area contributed by atoms with Crippen molar-refractivity contribution in [2.45, 2.75) is 64.4 Å². The standard InChI is InChI=1S/C22H29N7O/c1-15-11-16(13-24-20(15)28-9-5-2-6-10-28)12-17-14-25-21-19(23)26-22(27-29(17)21)30-18-7-3-4-8-18/h11,13-14,18H,2-10,12H2,1H3,(H2,23,26,27). The summed E-state index contributed by atoms with van der Waals surface area (Å²) in [6.45, 7) is 4.34. The van der Waals surface area contributed by atoms with Crippen molar-refractivity contribution in [2.24, 2.45) is 0 Å². The number of hydrogen-bond donors (Lipinski definition) is 1. The predicted octanol–water partition coefficient (Wildman–Crippen LogP) is 3.31. The molecule has 2 N–H and O–H groups in total.